The van der Waals surface area contributed by atoms with E-state index in [1.165, 1.54) is 5.56 Å². The quantitative estimate of drug-likeness (QED) is 0.534. The van der Waals surface area contributed by atoms with Crippen molar-refractivity contribution in [3.8, 4) is 11.5 Å². The standard InChI is InChI=1S/C26H27NO4/c1-17(2)18-9-11-19(12-10-18)26-27(22-8-6-5-7-21(22)16-31-26)25(28)20-13-14-23(29-3)24(15-20)30-4/h5-15,17,26H,16H2,1-4H3. The number of benzene rings is 3. The van der Waals surface area contributed by atoms with Crippen molar-refractivity contribution in [3.05, 3.63) is 89.0 Å². The van der Waals surface area contributed by atoms with E-state index >= 15 is 0 Å². The minimum atomic E-state index is -0.517. The summed E-state index contributed by atoms with van der Waals surface area (Å²) < 4.78 is 16.9. The van der Waals surface area contributed by atoms with Crippen LogP contribution >= 0.6 is 0 Å². The smallest absolute Gasteiger partial charge is 0.260 e. The van der Waals surface area contributed by atoms with Crippen molar-refractivity contribution >= 4 is 11.6 Å². The molecule has 4 rings (SSSR count). The maximum absolute atomic E-state index is 13.7. The van der Waals surface area contributed by atoms with Gasteiger partial charge in [-0.25, -0.2) is 0 Å². The van der Waals surface area contributed by atoms with Crippen molar-refractivity contribution in [2.24, 2.45) is 0 Å². The summed E-state index contributed by atoms with van der Waals surface area (Å²) >= 11 is 0. The van der Waals surface area contributed by atoms with Crippen LogP contribution in [-0.2, 0) is 11.3 Å². The summed E-state index contributed by atoms with van der Waals surface area (Å²) in [4.78, 5) is 15.5. The first-order valence-electron chi connectivity index (χ1n) is 10.4. The van der Waals surface area contributed by atoms with E-state index in [1.807, 2.05) is 36.4 Å². The van der Waals surface area contributed by atoms with Crippen molar-refractivity contribution in [2.45, 2.75) is 32.6 Å². The SMILES string of the molecule is COc1ccc(C(=O)N2c3ccccc3COC2c2ccc(C(C)C)cc2)cc1OC. The number of fused-ring (bicyclic) bond motifs is 1. The van der Waals surface area contributed by atoms with E-state index in [1.54, 1.807) is 37.3 Å². The van der Waals surface area contributed by atoms with Crippen LogP contribution in [0, 0.1) is 0 Å². The molecule has 160 valence electrons. The molecule has 31 heavy (non-hydrogen) atoms. The molecule has 5 nitrogen and oxygen atoms in total. The molecule has 1 heterocycles. The molecule has 0 radical (unpaired) electrons. The summed E-state index contributed by atoms with van der Waals surface area (Å²) in [7, 11) is 3.13. The molecule has 3 aromatic carbocycles. The Morgan fingerprint density at radius 1 is 0.968 bits per heavy atom. The number of hydrogen-bond acceptors (Lipinski definition) is 4. The first-order valence-corrected chi connectivity index (χ1v) is 10.4. The number of hydrogen-bond donors (Lipinski definition) is 0. The van der Waals surface area contributed by atoms with E-state index in [4.69, 9.17) is 14.2 Å². The summed E-state index contributed by atoms with van der Waals surface area (Å²) in [6.45, 7) is 4.77. The van der Waals surface area contributed by atoms with Gasteiger partial charge >= 0.3 is 0 Å². The van der Waals surface area contributed by atoms with Gasteiger partial charge in [-0.2, -0.15) is 0 Å². The van der Waals surface area contributed by atoms with Crippen molar-refractivity contribution in [2.75, 3.05) is 19.1 Å². The summed E-state index contributed by atoms with van der Waals surface area (Å²) in [6, 6.07) is 21.3. The van der Waals surface area contributed by atoms with Gasteiger partial charge in [0.2, 0.25) is 0 Å². The fourth-order valence-electron chi connectivity index (χ4n) is 3.85. The number of nitrogens with zero attached hydrogens (tertiary/aromatic N) is 1. The Morgan fingerprint density at radius 2 is 1.68 bits per heavy atom. The lowest BCUT2D eigenvalue weighted by Crippen LogP contribution is -2.39. The third-order valence-corrected chi connectivity index (χ3v) is 5.62. The second kappa shape index (κ2) is 8.82. The summed E-state index contributed by atoms with van der Waals surface area (Å²) in [5.74, 6) is 1.37. The second-order valence-corrected chi connectivity index (χ2v) is 7.86. The van der Waals surface area contributed by atoms with Crippen LogP contribution in [0.5, 0.6) is 11.5 Å². The van der Waals surface area contributed by atoms with Crippen molar-refractivity contribution < 1.29 is 19.0 Å². The maximum atomic E-state index is 13.7. The Kier molecular flexibility index (Phi) is 5.96. The summed E-state index contributed by atoms with van der Waals surface area (Å²) in [5, 5.41) is 0. The van der Waals surface area contributed by atoms with Gasteiger partial charge in [-0.3, -0.25) is 9.69 Å². The van der Waals surface area contributed by atoms with Crippen LogP contribution in [0.2, 0.25) is 0 Å². The molecule has 0 saturated heterocycles. The van der Waals surface area contributed by atoms with E-state index in [0.717, 1.165) is 16.8 Å². The van der Waals surface area contributed by atoms with Gasteiger partial charge in [-0.05, 0) is 35.7 Å². The topological polar surface area (TPSA) is 48.0 Å². The number of ether oxygens (including phenoxy) is 3. The van der Waals surface area contributed by atoms with Crippen molar-refractivity contribution in [1.29, 1.82) is 0 Å². The second-order valence-electron chi connectivity index (χ2n) is 7.86. The van der Waals surface area contributed by atoms with E-state index in [0.29, 0.717) is 29.6 Å². The third-order valence-electron chi connectivity index (χ3n) is 5.62. The number of para-hydroxylation sites is 1. The largest absolute Gasteiger partial charge is 0.493 e. The van der Waals surface area contributed by atoms with Gasteiger partial charge in [0.05, 0.1) is 26.5 Å². The van der Waals surface area contributed by atoms with Gasteiger partial charge in [0.15, 0.2) is 17.7 Å². The lowest BCUT2D eigenvalue weighted by molar-refractivity contribution is 0.0254. The van der Waals surface area contributed by atoms with Gasteiger partial charge in [-0.1, -0.05) is 56.3 Å². The summed E-state index contributed by atoms with van der Waals surface area (Å²) in [5.41, 5.74) is 4.52. The lowest BCUT2D eigenvalue weighted by Gasteiger charge is -2.37. The van der Waals surface area contributed by atoms with Crippen LogP contribution in [-0.4, -0.2) is 20.1 Å². The zero-order chi connectivity index (χ0) is 22.0. The number of carbonyl (C=O) groups is 1. The number of methoxy groups -OCH3 is 2. The molecule has 0 N–H and O–H groups in total. The fraction of sp³-hybridized carbons (Fsp3) is 0.269. The Labute approximate surface area is 183 Å². The monoisotopic (exact) mass is 417 g/mol. The molecule has 1 aliphatic rings. The number of anilines is 1. The van der Waals surface area contributed by atoms with Crippen LogP contribution in [0.25, 0.3) is 0 Å². The van der Waals surface area contributed by atoms with E-state index in [9.17, 15) is 4.79 Å². The number of carbonyl (C=O) groups excluding carboxylic acids is 1. The highest BCUT2D eigenvalue weighted by molar-refractivity contribution is 6.07. The highest BCUT2D eigenvalue weighted by atomic mass is 16.5. The molecular formula is C26H27NO4. The molecule has 0 aromatic heterocycles. The highest BCUT2D eigenvalue weighted by Gasteiger charge is 2.34. The first kappa shape index (κ1) is 20.9. The van der Waals surface area contributed by atoms with E-state index in [-0.39, 0.29) is 5.91 Å². The van der Waals surface area contributed by atoms with Gasteiger partial charge < -0.3 is 14.2 Å². The van der Waals surface area contributed by atoms with Crippen LogP contribution in [0.15, 0.2) is 66.7 Å². The maximum Gasteiger partial charge on any atom is 0.260 e. The van der Waals surface area contributed by atoms with Crippen molar-refractivity contribution in [1.82, 2.24) is 0 Å². The molecule has 0 bridgehead atoms. The third kappa shape index (κ3) is 4.01. The zero-order valence-corrected chi connectivity index (χ0v) is 18.3. The molecule has 1 aliphatic heterocycles. The minimum absolute atomic E-state index is 0.161. The molecule has 0 fully saturated rings. The normalized spacial score (nSPS) is 15.5. The van der Waals surface area contributed by atoms with Gasteiger partial charge in [-0.15, -0.1) is 0 Å². The van der Waals surface area contributed by atoms with Gasteiger partial charge in [0, 0.05) is 16.7 Å². The molecule has 1 atom stereocenters. The Hall–Kier alpha value is -3.31. The Balaban J connectivity index is 1.77. The van der Waals surface area contributed by atoms with E-state index in [2.05, 4.69) is 26.0 Å². The Bertz CT molecular complexity index is 1080. The van der Waals surface area contributed by atoms with E-state index < -0.39 is 6.23 Å². The van der Waals surface area contributed by atoms with Crippen LogP contribution in [0.1, 0.15) is 53.0 Å². The predicted molar refractivity (Wildman–Crippen MR) is 121 cm³/mol. The molecule has 0 aliphatic carbocycles. The molecule has 1 unspecified atom stereocenters. The number of rotatable bonds is 5. The molecular weight excluding hydrogens is 390 g/mol. The van der Waals surface area contributed by atoms with Crippen LogP contribution < -0.4 is 14.4 Å². The molecule has 5 heteroatoms. The number of amides is 1. The molecule has 0 saturated carbocycles. The molecule has 1 amide bonds. The van der Waals surface area contributed by atoms with Gasteiger partial charge in [0.1, 0.15) is 0 Å². The Morgan fingerprint density at radius 3 is 2.35 bits per heavy atom. The van der Waals surface area contributed by atoms with Gasteiger partial charge in [0.25, 0.3) is 5.91 Å². The minimum Gasteiger partial charge on any atom is -0.493 e. The molecule has 0 spiro atoms. The fourth-order valence-corrected chi connectivity index (χ4v) is 3.85. The van der Waals surface area contributed by atoms with Crippen molar-refractivity contribution in [3.63, 3.8) is 0 Å². The average Bonchev–Trinajstić information content (AvgIpc) is 2.82. The van der Waals surface area contributed by atoms with Crippen LogP contribution in [0.4, 0.5) is 5.69 Å². The predicted octanol–water partition coefficient (Wildman–Crippen LogP) is 5.70. The van der Waals surface area contributed by atoms with Crippen LogP contribution in [0.3, 0.4) is 0 Å². The molecule has 3 aromatic rings. The first-order chi connectivity index (χ1) is 15.0. The zero-order valence-electron chi connectivity index (χ0n) is 18.3. The lowest BCUT2D eigenvalue weighted by atomic mass is 10.00. The summed E-state index contributed by atoms with van der Waals surface area (Å²) in [6.07, 6.45) is -0.517. The highest BCUT2D eigenvalue weighted by Crippen LogP contribution is 2.39. The average molecular weight is 418 g/mol.